The number of nitrogens with one attached hydrogen (secondary N) is 1. The molecule has 2 heterocycles. The summed E-state index contributed by atoms with van der Waals surface area (Å²) in [4.78, 5) is 42.1. The maximum Gasteiger partial charge on any atom is 0.339 e. The number of thiocarbonyl (C=S) groups is 1. The van der Waals surface area contributed by atoms with Crippen LogP contribution in [-0.4, -0.2) is 48.7 Å². The Morgan fingerprint density at radius 1 is 1.11 bits per heavy atom. The zero-order chi connectivity index (χ0) is 26.7. The highest BCUT2D eigenvalue weighted by Gasteiger charge is 2.32. The number of aromatic hydroxyl groups is 1. The van der Waals surface area contributed by atoms with Gasteiger partial charge in [-0.1, -0.05) is 30.0 Å². The zero-order valence-corrected chi connectivity index (χ0v) is 20.4. The van der Waals surface area contributed by atoms with Crippen LogP contribution in [0, 0.1) is 11.6 Å². The Balaban J connectivity index is 1.41. The minimum Gasteiger partial charge on any atom is -0.507 e. The standard InChI is InChI=1S/C25H17F2N3O5S2/c26-17-7-4-13(10-18(17)27)19-3-1-2-14(28-19)12-21-23(33)30(25(36)37-21)9-8-22(32)29-15-5-6-16(24(34)35)20(31)11-15/h1-7,10-12,31H,8-9H2,(H,29,32)(H,34,35). The molecule has 1 aliphatic rings. The molecule has 12 heteroatoms. The summed E-state index contributed by atoms with van der Waals surface area (Å²) in [5.41, 5.74) is 1.07. The van der Waals surface area contributed by atoms with E-state index in [2.05, 4.69) is 10.3 Å². The van der Waals surface area contributed by atoms with Gasteiger partial charge in [0.2, 0.25) is 5.91 Å². The molecule has 0 saturated carbocycles. The highest BCUT2D eigenvalue weighted by atomic mass is 32.2. The van der Waals surface area contributed by atoms with Gasteiger partial charge in [-0.15, -0.1) is 0 Å². The number of rotatable bonds is 7. The van der Waals surface area contributed by atoms with E-state index >= 15 is 0 Å². The number of aromatic nitrogens is 1. The molecule has 0 spiro atoms. The number of nitrogens with zero attached hydrogens (tertiary/aromatic N) is 2. The molecule has 0 aliphatic carbocycles. The zero-order valence-electron chi connectivity index (χ0n) is 18.8. The van der Waals surface area contributed by atoms with E-state index in [1.165, 1.54) is 23.1 Å². The minimum atomic E-state index is -1.30. The number of phenols is 1. The maximum absolute atomic E-state index is 13.6. The number of pyridine rings is 1. The van der Waals surface area contributed by atoms with Crippen LogP contribution in [0.4, 0.5) is 14.5 Å². The molecule has 0 radical (unpaired) electrons. The lowest BCUT2D eigenvalue weighted by Crippen LogP contribution is -2.31. The lowest BCUT2D eigenvalue weighted by molar-refractivity contribution is -0.122. The molecule has 3 N–H and O–H groups in total. The molecule has 4 rings (SSSR count). The first-order valence-corrected chi connectivity index (χ1v) is 11.9. The third-order valence-electron chi connectivity index (χ3n) is 5.21. The van der Waals surface area contributed by atoms with Crippen LogP contribution in [0.5, 0.6) is 5.75 Å². The van der Waals surface area contributed by atoms with Crippen molar-refractivity contribution in [3.05, 3.63) is 82.4 Å². The van der Waals surface area contributed by atoms with E-state index in [1.54, 1.807) is 18.2 Å². The van der Waals surface area contributed by atoms with E-state index < -0.39 is 35.2 Å². The van der Waals surface area contributed by atoms with Crippen molar-refractivity contribution in [3.8, 4) is 17.0 Å². The molecule has 3 aromatic rings. The molecule has 2 amide bonds. The second kappa shape index (κ2) is 10.8. The smallest absolute Gasteiger partial charge is 0.339 e. The number of thioether (sulfide) groups is 1. The summed E-state index contributed by atoms with van der Waals surface area (Å²) >= 11 is 6.33. The predicted octanol–water partition coefficient (Wildman–Crippen LogP) is 4.66. The molecular weight excluding hydrogens is 524 g/mol. The number of anilines is 1. The normalized spacial score (nSPS) is 14.3. The molecule has 1 saturated heterocycles. The van der Waals surface area contributed by atoms with Gasteiger partial charge in [-0.3, -0.25) is 14.5 Å². The quantitative estimate of drug-likeness (QED) is 0.292. The SMILES string of the molecule is O=C(CCN1C(=O)C(=Cc2cccc(-c3ccc(F)c(F)c3)n2)SC1=S)Nc1ccc(C(=O)O)c(O)c1. The molecule has 8 nitrogen and oxygen atoms in total. The van der Waals surface area contributed by atoms with Crippen molar-refractivity contribution >= 4 is 57.8 Å². The molecule has 37 heavy (non-hydrogen) atoms. The molecule has 2 aromatic carbocycles. The van der Waals surface area contributed by atoms with Gasteiger partial charge in [-0.05, 0) is 48.5 Å². The van der Waals surface area contributed by atoms with Crippen molar-refractivity contribution < 1.29 is 33.4 Å². The first-order valence-electron chi connectivity index (χ1n) is 10.7. The number of carbonyl (C=O) groups excluding carboxylic acids is 2. The fourth-order valence-electron chi connectivity index (χ4n) is 3.40. The first kappa shape index (κ1) is 25.9. The Morgan fingerprint density at radius 3 is 2.59 bits per heavy atom. The number of amides is 2. The monoisotopic (exact) mass is 541 g/mol. The van der Waals surface area contributed by atoms with E-state index in [1.807, 2.05) is 0 Å². The van der Waals surface area contributed by atoms with Gasteiger partial charge < -0.3 is 15.5 Å². The van der Waals surface area contributed by atoms with E-state index in [0.717, 1.165) is 36.0 Å². The molecule has 1 aromatic heterocycles. The molecule has 0 atom stereocenters. The molecule has 0 bridgehead atoms. The molecule has 1 fully saturated rings. The van der Waals surface area contributed by atoms with Gasteiger partial charge in [0, 0.05) is 30.3 Å². The lowest BCUT2D eigenvalue weighted by Gasteiger charge is -2.14. The minimum absolute atomic E-state index is 0.00461. The van der Waals surface area contributed by atoms with Gasteiger partial charge in [0.1, 0.15) is 15.6 Å². The number of aromatic carboxylic acids is 1. The van der Waals surface area contributed by atoms with Crippen LogP contribution < -0.4 is 5.32 Å². The van der Waals surface area contributed by atoms with Crippen LogP contribution in [0.15, 0.2) is 59.5 Å². The summed E-state index contributed by atoms with van der Waals surface area (Å²) in [6, 6.07) is 12.0. The lowest BCUT2D eigenvalue weighted by atomic mass is 10.1. The van der Waals surface area contributed by atoms with Crippen molar-refractivity contribution in [2.24, 2.45) is 0 Å². The van der Waals surface area contributed by atoms with Crippen LogP contribution in [0.2, 0.25) is 0 Å². The van der Waals surface area contributed by atoms with Gasteiger partial charge in [-0.2, -0.15) is 0 Å². The number of benzene rings is 2. The van der Waals surface area contributed by atoms with Crippen molar-refractivity contribution in [3.63, 3.8) is 0 Å². The topological polar surface area (TPSA) is 120 Å². The Hall–Kier alpha value is -4.16. The predicted molar refractivity (Wildman–Crippen MR) is 138 cm³/mol. The average Bonchev–Trinajstić information content (AvgIpc) is 3.11. The number of hydrogen-bond donors (Lipinski definition) is 3. The third-order valence-corrected chi connectivity index (χ3v) is 6.59. The van der Waals surface area contributed by atoms with Gasteiger partial charge in [-0.25, -0.2) is 18.6 Å². The highest BCUT2D eigenvalue weighted by molar-refractivity contribution is 8.26. The molecular formula is C25H17F2N3O5S2. The van der Waals surface area contributed by atoms with Gasteiger partial charge >= 0.3 is 5.97 Å². The van der Waals surface area contributed by atoms with Crippen molar-refractivity contribution in [2.45, 2.75) is 6.42 Å². The van der Waals surface area contributed by atoms with E-state index in [-0.39, 0.29) is 33.4 Å². The summed E-state index contributed by atoms with van der Waals surface area (Å²) in [6.45, 7) is -0.00461. The van der Waals surface area contributed by atoms with Crippen molar-refractivity contribution in [1.82, 2.24) is 9.88 Å². The van der Waals surface area contributed by atoms with Crippen LogP contribution in [0.3, 0.4) is 0 Å². The first-order chi connectivity index (χ1) is 17.6. The highest BCUT2D eigenvalue weighted by Crippen LogP contribution is 2.33. The average molecular weight is 542 g/mol. The summed E-state index contributed by atoms with van der Waals surface area (Å²) in [5.74, 6) is -4.64. The van der Waals surface area contributed by atoms with Crippen molar-refractivity contribution in [2.75, 3.05) is 11.9 Å². The number of carboxylic acid groups (broad SMARTS) is 1. The molecule has 188 valence electrons. The van der Waals surface area contributed by atoms with E-state index in [9.17, 15) is 28.3 Å². The van der Waals surface area contributed by atoms with Gasteiger partial charge in [0.05, 0.1) is 16.3 Å². The summed E-state index contributed by atoms with van der Waals surface area (Å²) in [7, 11) is 0. The number of carboxylic acids is 1. The fraction of sp³-hybridized carbons (Fsp3) is 0.0800. The van der Waals surface area contributed by atoms with E-state index in [0.29, 0.717) is 17.0 Å². The van der Waals surface area contributed by atoms with Crippen LogP contribution in [0.1, 0.15) is 22.5 Å². The number of hydrogen-bond acceptors (Lipinski definition) is 7. The Morgan fingerprint density at radius 2 is 1.89 bits per heavy atom. The Kier molecular flexibility index (Phi) is 7.60. The van der Waals surface area contributed by atoms with E-state index in [4.69, 9.17) is 17.3 Å². The second-order valence-electron chi connectivity index (χ2n) is 7.75. The van der Waals surface area contributed by atoms with Gasteiger partial charge in [0.15, 0.2) is 11.6 Å². The van der Waals surface area contributed by atoms with Crippen LogP contribution >= 0.6 is 24.0 Å². The molecule has 1 aliphatic heterocycles. The number of carbonyl (C=O) groups is 3. The summed E-state index contributed by atoms with van der Waals surface area (Å²) < 4.78 is 27.1. The van der Waals surface area contributed by atoms with Crippen molar-refractivity contribution in [1.29, 1.82) is 0 Å². The fourth-order valence-corrected chi connectivity index (χ4v) is 4.70. The Bertz CT molecular complexity index is 1480. The summed E-state index contributed by atoms with van der Waals surface area (Å²) in [6.07, 6.45) is 1.42. The number of halogens is 2. The van der Waals surface area contributed by atoms with Crippen LogP contribution in [0.25, 0.3) is 17.3 Å². The Labute approximate surface area is 218 Å². The second-order valence-corrected chi connectivity index (χ2v) is 9.42. The summed E-state index contributed by atoms with van der Waals surface area (Å²) in [5, 5.41) is 21.2. The van der Waals surface area contributed by atoms with Crippen LogP contribution in [-0.2, 0) is 9.59 Å². The van der Waals surface area contributed by atoms with Gasteiger partial charge in [0.25, 0.3) is 5.91 Å². The maximum atomic E-state index is 13.6. The third kappa shape index (κ3) is 5.98. The molecule has 0 unspecified atom stereocenters. The largest absolute Gasteiger partial charge is 0.507 e.